The largest absolute Gasteiger partial charge is 0.506 e. The Morgan fingerprint density at radius 2 is 1.80 bits per heavy atom. The zero-order valence-electron chi connectivity index (χ0n) is 12.4. The summed E-state index contributed by atoms with van der Waals surface area (Å²) in [4.78, 5) is 18.0. The second kappa shape index (κ2) is 6.13. The summed E-state index contributed by atoms with van der Waals surface area (Å²) in [7, 11) is 3.58. The Kier molecular flexibility index (Phi) is 4.49. The monoisotopic (exact) mass is 277 g/mol. The number of para-hydroxylation sites is 2. The summed E-state index contributed by atoms with van der Waals surface area (Å²) in [6.45, 7) is 5.26. The SMILES string of the molecule is C[C@H](C(=O)N(C)C)N1CCN(c2ccccc2O)CC1. The number of phenols is 1. The molecular formula is C15H23N3O2. The summed E-state index contributed by atoms with van der Waals surface area (Å²) in [5.74, 6) is 0.458. The molecule has 0 spiro atoms. The van der Waals surface area contributed by atoms with Gasteiger partial charge in [0.05, 0.1) is 11.7 Å². The topological polar surface area (TPSA) is 47.0 Å². The van der Waals surface area contributed by atoms with Gasteiger partial charge in [0.1, 0.15) is 5.75 Å². The van der Waals surface area contributed by atoms with Crippen molar-refractivity contribution in [1.29, 1.82) is 0 Å². The van der Waals surface area contributed by atoms with E-state index in [1.165, 1.54) is 0 Å². The van der Waals surface area contributed by atoms with Gasteiger partial charge in [-0.3, -0.25) is 9.69 Å². The Morgan fingerprint density at radius 1 is 1.20 bits per heavy atom. The molecule has 1 fully saturated rings. The van der Waals surface area contributed by atoms with Gasteiger partial charge in [-0.15, -0.1) is 0 Å². The lowest BCUT2D eigenvalue weighted by molar-refractivity contribution is -0.133. The summed E-state index contributed by atoms with van der Waals surface area (Å²) in [5.41, 5.74) is 0.874. The first-order valence-corrected chi connectivity index (χ1v) is 6.99. The van der Waals surface area contributed by atoms with Crippen LogP contribution < -0.4 is 4.90 Å². The van der Waals surface area contributed by atoms with Crippen LogP contribution in [0.1, 0.15) is 6.92 Å². The van der Waals surface area contributed by atoms with Crippen molar-refractivity contribution in [3.05, 3.63) is 24.3 Å². The zero-order chi connectivity index (χ0) is 14.7. The molecule has 1 atom stereocenters. The van der Waals surface area contributed by atoms with Gasteiger partial charge >= 0.3 is 0 Å². The zero-order valence-corrected chi connectivity index (χ0v) is 12.4. The van der Waals surface area contributed by atoms with Crippen molar-refractivity contribution in [3.8, 4) is 5.75 Å². The van der Waals surface area contributed by atoms with Gasteiger partial charge in [0, 0.05) is 40.3 Å². The second-order valence-corrected chi connectivity index (χ2v) is 5.42. The molecule has 1 N–H and O–H groups in total. The van der Waals surface area contributed by atoms with Crippen molar-refractivity contribution in [2.75, 3.05) is 45.2 Å². The summed E-state index contributed by atoms with van der Waals surface area (Å²) in [6.07, 6.45) is 0. The number of anilines is 1. The molecule has 1 aromatic carbocycles. The van der Waals surface area contributed by atoms with E-state index in [0.717, 1.165) is 31.9 Å². The standard InChI is InChI=1S/C15H23N3O2/c1-12(15(20)16(2)3)17-8-10-18(11-9-17)13-6-4-5-7-14(13)19/h4-7,12,19H,8-11H2,1-3H3/t12-/m1/s1. The van der Waals surface area contributed by atoms with Gasteiger partial charge in [0.2, 0.25) is 5.91 Å². The number of nitrogens with zero attached hydrogens (tertiary/aromatic N) is 3. The lowest BCUT2D eigenvalue weighted by Crippen LogP contribution is -2.53. The first-order chi connectivity index (χ1) is 9.50. The van der Waals surface area contributed by atoms with Gasteiger partial charge in [-0.25, -0.2) is 0 Å². The van der Waals surface area contributed by atoms with E-state index in [4.69, 9.17) is 0 Å². The van der Waals surface area contributed by atoms with Crippen molar-refractivity contribution in [2.24, 2.45) is 0 Å². The molecular weight excluding hydrogens is 254 g/mol. The number of carbonyl (C=O) groups excluding carboxylic acids is 1. The Labute approximate surface area is 120 Å². The molecule has 1 aliphatic rings. The van der Waals surface area contributed by atoms with E-state index in [-0.39, 0.29) is 11.9 Å². The third-order valence-electron chi connectivity index (χ3n) is 3.88. The van der Waals surface area contributed by atoms with Gasteiger partial charge in [0.25, 0.3) is 0 Å². The van der Waals surface area contributed by atoms with Gasteiger partial charge in [-0.2, -0.15) is 0 Å². The van der Waals surface area contributed by atoms with Crippen molar-refractivity contribution in [3.63, 3.8) is 0 Å². The van der Waals surface area contributed by atoms with Crippen molar-refractivity contribution < 1.29 is 9.90 Å². The number of likely N-dealkylation sites (N-methyl/N-ethyl adjacent to an activating group) is 1. The molecule has 0 radical (unpaired) electrons. The summed E-state index contributed by atoms with van der Waals surface area (Å²) in [5, 5.41) is 9.88. The first-order valence-electron chi connectivity index (χ1n) is 6.99. The number of phenolic OH excluding ortho intramolecular Hbond substituents is 1. The van der Waals surface area contributed by atoms with E-state index in [9.17, 15) is 9.90 Å². The number of hydrogen-bond acceptors (Lipinski definition) is 4. The van der Waals surface area contributed by atoms with Gasteiger partial charge < -0.3 is 14.9 Å². The van der Waals surface area contributed by atoms with E-state index in [1.54, 1.807) is 25.1 Å². The molecule has 0 bridgehead atoms. The molecule has 1 saturated heterocycles. The third kappa shape index (κ3) is 3.04. The Bertz CT molecular complexity index is 468. The van der Waals surface area contributed by atoms with Crippen LogP contribution in [0.15, 0.2) is 24.3 Å². The molecule has 20 heavy (non-hydrogen) atoms. The molecule has 5 nitrogen and oxygen atoms in total. The van der Waals surface area contributed by atoms with Crippen LogP contribution in [0.3, 0.4) is 0 Å². The minimum absolute atomic E-state index is 0.0866. The molecule has 1 amide bonds. The summed E-state index contributed by atoms with van der Waals surface area (Å²) >= 11 is 0. The van der Waals surface area contributed by atoms with Gasteiger partial charge in [0.15, 0.2) is 0 Å². The smallest absolute Gasteiger partial charge is 0.239 e. The van der Waals surface area contributed by atoms with E-state index in [1.807, 2.05) is 25.1 Å². The van der Waals surface area contributed by atoms with E-state index >= 15 is 0 Å². The van der Waals surface area contributed by atoms with Crippen LogP contribution >= 0.6 is 0 Å². The van der Waals surface area contributed by atoms with Crippen LogP contribution in [0.4, 0.5) is 5.69 Å². The molecule has 110 valence electrons. The van der Waals surface area contributed by atoms with Crippen molar-refractivity contribution in [2.45, 2.75) is 13.0 Å². The summed E-state index contributed by atoms with van der Waals surface area (Å²) in [6, 6.07) is 7.31. The first kappa shape index (κ1) is 14.7. The number of hydrogen-bond donors (Lipinski definition) is 1. The maximum Gasteiger partial charge on any atom is 0.239 e. The highest BCUT2D eigenvalue weighted by molar-refractivity contribution is 5.81. The van der Waals surface area contributed by atoms with Gasteiger partial charge in [-0.05, 0) is 19.1 Å². The van der Waals surface area contributed by atoms with Crippen molar-refractivity contribution in [1.82, 2.24) is 9.80 Å². The molecule has 0 saturated carbocycles. The van der Waals surface area contributed by atoms with Crippen LogP contribution in [-0.4, -0.2) is 67.1 Å². The number of benzene rings is 1. The Balaban J connectivity index is 1.96. The predicted octanol–water partition coefficient (Wildman–Crippen LogP) is 0.991. The quantitative estimate of drug-likeness (QED) is 0.895. The number of piperazine rings is 1. The highest BCUT2D eigenvalue weighted by Crippen LogP contribution is 2.27. The highest BCUT2D eigenvalue weighted by Gasteiger charge is 2.27. The molecule has 0 aliphatic carbocycles. The fraction of sp³-hybridized carbons (Fsp3) is 0.533. The molecule has 5 heteroatoms. The van der Waals surface area contributed by atoms with Gasteiger partial charge in [-0.1, -0.05) is 12.1 Å². The maximum atomic E-state index is 12.0. The van der Waals surface area contributed by atoms with E-state index in [0.29, 0.717) is 5.75 Å². The molecule has 0 unspecified atom stereocenters. The number of amides is 1. The molecule has 2 rings (SSSR count). The van der Waals surface area contributed by atoms with Crippen LogP contribution in [0.2, 0.25) is 0 Å². The minimum atomic E-state index is -0.0866. The molecule has 1 aliphatic heterocycles. The van der Waals surface area contributed by atoms with Crippen molar-refractivity contribution >= 4 is 11.6 Å². The third-order valence-corrected chi connectivity index (χ3v) is 3.88. The van der Waals surface area contributed by atoms with Crippen LogP contribution in [0.25, 0.3) is 0 Å². The molecule has 0 aromatic heterocycles. The average Bonchev–Trinajstić information content (AvgIpc) is 2.46. The average molecular weight is 277 g/mol. The fourth-order valence-corrected chi connectivity index (χ4v) is 2.61. The number of carbonyl (C=O) groups is 1. The lowest BCUT2D eigenvalue weighted by Gasteiger charge is -2.39. The molecule has 1 aromatic rings. The highest BCUT2D eigenvalue weighted by atomic mass is 16.3. The predicted molar refractivity (Wildman–Crippen MR) is 80.0 cm³/mol. The Hall–Kier alpha value is -1.75. The van der Waals surface area contributed by atoms with E-state index < -0.39 is 0 Å². The number of rotatable bonds is 3. The fourth-order valence-electron chi connectivity index (χ4n) is 2.61. The summed E-state index contributed by atoms with van der Waals surface area (Å²) < 4.78 is 0. The lowest BCUT2D eigenvalue weighted by atomic mass is 10.2. The number of aromatic hydroxyl groups is 1. The maximum absolute atomic E-state index is 12.0. The molecule has 1 heterocycles. The Morgan fingerprint density at radius 3 is 2.35 bits per heavy atom. The van der Waals surface area contributed by atoms with E-state index in [2.05, 4.69) is 9.80 Å². The minimum Gasteiger partial charge on any atom is -0.506 e. The van der Waals surface area contributed by atoms with Crippen LogP contribution in [-0.2, 0) is 4.79 Å². The normalized spacial score (nSPS) is 17.9. The van der Waals surface area contributed by atoms with Crippen LogP contribution in [0.5, 0.6) is 5.75 Å². The van der Waals surface area contributed by atoms with Crippen LogP contribution in [0, 0.1) is 0 Å². The second-order valence-electron chi connectivity index (χ2n) is 5.42.